The third kappa shape index (κ3) is 6.79. The molecule has 2 fully saturated rings. The Morgan fingerprint density at radius 3 is 2.08 bits per heavy atom. The Balaban J connectivity index is 1.68. The van der Waals surface area contributed by atoms with Crippen LogP contribution in [0.25, 0.3) is 6.08 Å². The van der Waals surface area contributed by atoms with E-state index >= 15 is 0 Å². The number of hydrogen-bond acceptors (Lipinski definition) is 10. The molecule has 266 valence electrons. The van der Waals surface area contributed by atoms with E-state index in [2.05, 4.69) is 6.58 Å². The molecule has 2 aromatic carbocycles. The van der Waals surface area contributed by atoms with Gasteiger partial charge in [0.15, 0.2) is 12.2 Å². The maximum atomic E-state index is 13.8. The molecule has 0 aliphatic heterocycles. The molecule has 8 atom stereocenters. The van der Waals surface area contributed by atoms with E-state index in [0.29, 0.717) is 16.7 Å². The maximum Gasteiger partial charge on any atom is 0.338 e. The van der Waals surface area contributed by atoms with Crippen molar-refractivity contribution >= 4 is 30.0 Å². The normalized spacial score (nSPS) is 30.9. The van der Waals surface area contributed by atoms with Crippen LogP contribution >= 0.6 is 0 Å². The lowest BCUT2D eigenvalue weighted by Gasteiger charge is -2.53. The van der Waals surface area contributed by atoms with Gasteiger partial charge >= 0.3 is 23.9 Å². The van der Waals surface area contributed by atoms with Crippen molar-refractivity contribution in [2.75, 3.05) is 0 Å². The summed E-state index contributed by atoms with van der Waals surface area (Å²) < 4.78 is 24.4. The van der Waals surface area contributed by atoms with Gasteiger partial charge in [-0.25, -0.2) is 9.59 Å². The Kier molecular flexibility index (Phi) is 10.3. The van der Waals surface area contributed by atoms with Gasteiger partial charge in [-0.05, 0) is 80.0 Å². The van der Waals surface area contributed by atoms with Gasteiger partial charge in [-0.15, -0.1) is 0 Å². The fourth-order valence-electron chi connectivity index (χ4n) is 8.33. The van der Waals surface area contributed by atoms with Gasteiger partial charge in [0.1, 0.15) is 12.2 Å². The lowest BCUT2D eigenvalue weighted by atomic mass is 9.56. The van der Waals surface area contributed by atoms with E-state index in [1.165, 1.54) is 19.9 Å². The maximum absolute atomic E-state index is 13.8. The number of aliphatic hydroxyl groups excluding tert-OH is 1. The summed E-state index contributed by atoms with van der Waals surface area (Å²) in [5.41, 5.74) is -1.70. The van der Waals surface area contributed by atoms with Crippen molar-refractivity contribution in [2.24, 2.45) is 16.7 Å². The molecule has 3 aliphatic rings. The number of fused-ring (bicyclic) bond motifs is 2. The van der Waals surface area contributed by atoms with Crippen molar-refractivity contribution in [1.82, 2.24) is 0 Å². The van der Waals surface area contributed by atoms with Crippen LogP contribution in [-0.4, -0.2) is 70.2 Å². The second kappa shape index (κ2) is 14.0. The Morgan fingerprint density at radius 2 is 1.50 bits per heavy atom. The van der Waals surface area contributed by atoms with E-state index in [1.54, 1.807) is 64.1 Å². The molecule has 0 radical (unpaired) electrons. The van der Waals surface area contributed by atoms with Crippen LogP contribution in [0, 0.1) is 16.7 Å². The average molecular weight is 687 g/mol. The molecular weight excluding hydrogens is 640 g/mol. The highest BCUT2D eigenvalue weighted by atomic mass is 16.6. The molecule has 2 saturated carbocycles. The van der Waals surface area contributed by atoms with Crippen LogP contribution < -0.4 is 0 Å². The zero-order valence-corrected chi connectivity index (χ0v) is 29.4. The van der Waals surface area contributed by atoms with Crippen LogP contribution in [0.1, 0.15) is 76.7 Å². The van der Waals surface area contributed by atoms with Crippen molar-refractivity contribution < 1.29 is 48.3 Å². The minimum atomic E-state index is -1.52. The first kappa shape index (κ1) is 36.7. The minimum absolute atomic E-state index is 0.0242. The Labute approximate surface area is 292 Å². The van der Waals surface area contributed by atoms with Crippen LogP contribution in [0.2, 0.25) is 0 Å². The summed E-state index contributed by atoms with van der Waals surface area (Å²) >= 11 is 0. The Bertz CT molecular complexity index is 1700. The van der Waals surface area contributed by atoms with Crippen LogP contribution in [0.15, 0.2) is 90.0 Å². The largest absolute Gasteiger partial charge is 0.462 e. The summed E-state index contributed by atoms with van der Waals surface area (Å²) in [4.78, 5) is 52.8. The van der Waals surface area contributed by atoms with E-state index in [9.17, 15) is 29.4 Å². The molecular formula is C40H46O10. The average Bonchev–Trinajstić information content (AvgIpc) is 3.27. The van der Waals surface area contributed by atoms with Gasteiger partial charge < -0.3 is 29.2 Å². The third-order valence-electron chi connectivity index (χ3n) is 10.9. The van der Waals surface area contributed by atoms with E-state index < -0.39 is 76.7 Å². The van der Waals surface area contributed by atoms with Gasteiger partial charge in [-0.1, -0.05) is 62.0 Å². The molecule has 0 spiro atoms. The zero-order valence-electron chi connectivity index (χ0n) is 29.4. The number of aliphatic hydroxyl groups is 2. The second-order valence-electron chi connectivity index (χ2n) is 14.4. The molecule has 0 bridgehead atoms. The van der Waals surface area contributed by atoms with E-state index in [-0.39, 0.29) is 24.8 Å². The Hall–Kier alpha value is -4.54. The van der Waals surface area contributed by atoms with Crippen molar-refractivity contribution in [3.8, 4) is 0 Å². The molecule has 10 nitrogen and oxygen atoms in total. The summed E-state index contributed by atoms with van der Waals surface area (Å²) in [5.74, 6) is -3.41. The summed E-state index contributed by atoms with van der Waals surface area (Å²) in [5, 5.41) is 23.5. The van der Waals surface area contributed by atoms with Crippen LogP contribution in [0.4, 0.5) is 0 Å². The summed E-state index contributed by atoms with van der Waals surface area (Å²) in [6.45, 7) is 13.6. The van der Waals surface area contributed by atoms with Crippen molar-refractivity contribution in [2.45, 2.75) is 96.9 Å². The fraction of sp³-hybridized carbons (Fsp3) is 0.450. The van der Waals surface area contributed by atoms with Crippen molar-refractivity contribution in [3.05, 3.63) is 101 Å². The van der Waals surface area contributed by atoms with Crippen LogP contribution in [0.5, 0.6) is 0 Å². The van der Waals surface area contributed by atoms with E-state index in [1.807, 2.05) is 30.3 Å². The predicted molar refractivity (Wildman–Crippen MR) is 184 cm³/mol. The predicted octanol–water partition coefficient (Wildman–Crippen LogP) is 5.53. The molecule has 0 unspecified atom stereocenters. The number of carbonyl (C=O) groups is 4. The van der Waals surface area contributed by atoms with E-state index in [0.717, 1.165) is 5.56 Å². The quantitative estimate of drug-likeness (QED) is 0.157. The highest BCUT2D eigenvalue weighted by Gasteiger charge is 2.69. The molecule has 0 amide bonds. The van der Waals surface area contributed by atoms with Gasteiger partial charge in [0.25, 0.3) is 0 Å². The molecule has 0 aromatic heterocycles. The van der Waals surface area contributed by atoms with Gasteiger partial charge in [0.05, 0.1) is 22.7 Å². The topological polar surface area (TPSA) is 146 Å². The van der Waals surface area contributed by atoms with Crippen LogP contribution in [0.3, 0.4) is 0 Å². The second-order valence-corrected chi connectivity index (χ2v) is 14.4. The monoisotopic (exact) mass is 686 g/mol. The lowest BCUT2D eigenvalue weighted by Crippen LogP contribution is -2.60. The molecule has 10 heteroatoms. The Morgan fingerprint density at radius 1 is 0.900 bits per heavy atom. The molecule has 0 saturated heterocycles. The van der Waals surface area contributed by atoms with Crippen LogP contribution in [-0.2, 0) is 33.3 Å². The zero-order chi connectivity index (χ0) is 36.6. The van der Waals surface area contributed by atoms with Crippen molar-refractivity contribution in [1.29, 1.82) is 0 Å². The number of esters is 4. The first-order valence-electron chi connectivity index (χ1n) is 16.8. The van der Waals surface area contributed by atoms with E-state index in [4.69, 9.17) is 18.9 Å². The first-order valence-corrected chi connectivity index (χ1v) is 16.8. The first-order chi connectivity index (χ1) is 23.5. The fourth-order valence-corrected chi connectivity index (χ4v) is 8.33. The van der Waals surface area contributed by atoms with Crippen molar-refractivity contribution in [3.63, 3.8) is 0 Å². The standard InChI is InChI=1S/C40H46O10/c1-23-29-21-40(38(5,6)46)22-30(43)24(2)34(40)35(50-37(45)28-16-12-9-13-17-28)36(48-26(4)42)39(29,7)32(47-25(3)41)20-31(23)49-33(44)19-18-27-14-10-8-11-15-27/h8-19,29-32,35-36,43,46H,1,20-22H2,2-7H3/t29-,30+,31+,32+,35-,36+,39+,40+/m1/s1. The molecule has 50 heavy (non-hydrogen) atoms. The summed E-state index contributed by atoms with van der Waals surface area (Å²) in [6, 6.07) is 17.5. The van der Waals surface area contributed by atoms with Gasteiger partial charge in [-0.2, -0.15) is 0 Å². The van der Waals surface area contributed by atoms with Gasteiger partial charge in [0.2, 0.25) is 0 Å². The highest BCUT2D eigenvalue weighted by Crippen LogP contribution is 2.65. The third-order valence-corrected chi connectivity index (χ3v) is 10.9. The molecule has 0 heterocycles. The highest BCUT2D eigenvalue weighted by molar-refractivity contribution is 5.90. The number of benzene rings is 2. The number of ether oxygens (including phenoxy) is 4. The van der Waals surface area contributed by atoms with Gasteiger partial charge in [0, 0.05) is 31.8 Å². The molecule has 2 aromatic rings. The molecule has 3 aliphatic carbocycles. The number of carbonyl (C=O) groups excluding carboxylic acids is 4. The number of hydrogen-bond donors (Lipinski definition) is 2. The molecule has 5 rings (SSSR count). The summed E-state index contributed by atoms with van der Waals surface area (Å²) in [7, 11) is 0. The molecule has 2 N–H and O–H groups in total. The summed E-state index contributed by atoms with van der Waals surface area (Å²) in [6.07, 6.45) is -2.51. The lowest BCUT2D eigenvalue weighted by molar-refractivity contribution is -0.197. The smallest absolute Gasteiger partial charge is 0.338 e. The van der Waals surface area contributed by atoms with Gasteiger partial charge in [-0.3, -0.25) is 9.59 Å². The minimum Gasteiger partial charge on any atom is -0.462 e. The number of rotatable bonds is 8. The SMILES string of the molecule is C=C1[C@@H](OC(=O)C=Cc2ccccc2)C[C@H](OC(C)=O)[C@]2(C)[C@@H]1C[C@]1(C(C)(C)O)C[C@H](O)C(C)=C1[C@@H](OC(=O)c1ccccc1)[C@@H]2OC(C)=O.